The summed E-state index contributed by atoms with van der Waals surface area (Å²) in [6, 6.07) is 17.6. The number of rotatable bonds is 6. The van der Waals surface area contributed by atoms with Crippen molar-refractivity contribution in [2.45, 2.75) is 44.3 Å². The van der Waals surface area contributed by atoms with Crippen molar-refractivity contribution in [3.63, 3.8) is 0 Å². The summed E-state index contributed by atoms with van der Waals surface area (Å²) in [5.74, 6) is 0.286. The summed E-state index contributed by atoms with van der Waals surface area (Å²) in [6.45, 7) is 0.519. The average Bonchev–Trinajstić information content (AvgIpc) is 3.64. The number of nitrogens with one attached hydrogen (secondary N) is 1. The molecule has 142 valence electrons. The maximum Gasteiger partial charge on any atom is 0.290 e. The second kappa shape index (κ2) is 6.82. The molecule has 0 unspecified atom stereocenters. The Kier molecular flexibility index (Phi) is 4.15. The van der Waals surface area contributed by atoms with Crippen LogP contribution in [0.2, 0.25) is 0 Å². The maximum atomic E-state index is 13.1. The molecule has 0 atom stereocenters. The van der Waals surface area contributed by atoms with Gasteiger partial charge in [-0.25, -0.2) is 0 Å². The Morgan fingerprint density at radius 1 is 1.00 bits per heavy atom. The van der Waals surface area contributed by atoms with Crippen LogP contribution >= 0.6 is 0 Å². The Morgan fingerprint density at radius 3 is 2.43 bits per heavy atom. The number of furan rings is 1. The van der Waals surface area contributed by atoms with Gasteiger partial charge in [0, 0.05) is 29.6 Å². The summed E-state index contributed by atoms with van der Waals surface area (Å²) < 4.78 is 5.78. The number of nitrogens with zero attached hydrogens (tertiary/aromatic N) is 1. The highest BCUT2D eigenvalue weighted by molar-refractivity contribution is 5.96. The van der Waals surface area contributed by atoms with Gasteiger partial charge in [-0.05, 0) is 55.5 Å². The van der Waals surface area contributed by atoms with Crippen LogP contribution in [0.15, 0.2) is 59.0 Å². The second-order valence-corrected chi connectivity index (χ2v) is 7.76. The van der Waals surface area contributed by atoms with Crippen LogP contribution in [0.3, 0.4) is 0 Å². The Bertz CT molecular complexity index is 996. The lowest BCUT2D eigenvalue weighted by Crippen LogP contribution is -2.32. The number of para-hydroxylation sites is 1. The molecule has 1 heterocycles. The van der Waals surface area contributed by atoms with E-state index in [0.717, 1.165) is 42.2 Å². The molecule has 2 fully saturated rings. The van der Waals surface area contributed by atoms with Crippen LogP contribution in [-0.4, -0.2) is 28.8 Å². The number of amides is 2. The van der Waals surface area contributed by atoms with Gasteiger partial charge in [0.15, 0.2) is 5.76 Å². The molecule has 1 aromatic heterocycles. The van der Waals surface area contributed by atoms with Crippen molar-refractivity contribution in [3.8, 4) is 0 Å². The van der Waals surface area contributed by atoms with E-state index in [1.807, 2.05) is 59.5 Å². The Labute approximate surface area is 163 Å². The SMILES string of the molecule is O=C(NC1CC1)c1ccc(CN(C(=O)c2cc3ccccc3o2)C2CC2)cc1. The van der Waals surface area contributed by atoms with Crippen molar-refractivity contribution in [2.75, 3.05) is 0 Å². The third-order valence-electron chi connectivity index (χ3n) is 5.37. The van der Waals surface area contributed by atoms with Gasteiger partial charge in [-0.2, -0.15) is 0 Å². The number of hydrogen-bond donors (Lipinski definition) is 1. The molecule has 0 aliphatic heterocycles. The molecule has 2 aliphatic carbocycles. The van der Waals surface area contributed by atoms with E-state index >= 15 is 0 Å². The first-order valence-electron chi connectivity index (χ1n) is 9.87. The van der Waals surface area contributed by atoms with Gasteiger partial charge in [0.05, 0.1) is 0 Å². The number of carbonyl (C=O) groups excluding carboxylic acids is 2. The van der Waals surface area contributed by atoms with Crippen molar-refractivity contribution in [2.24, 2.45) is 0 Å². The van der Waals surface area contributed by atoms with E-state index in [1.165, 1.54) is 0 Å². The molecule has 3 aromatic rings. The van der Waals surface area contributed by atoms with Crippen molar-refractivity contribution in [1.82, 2.24) is 10.2 Å². The average molecular weight is 374 g/mol. The molecular weight excluding hydrogens is 352 g/mol. The highest BCUT2D eigenvalue weighted by atomic mass is 16.3. The zero-order valence-electron chi connectivity index (χ0n) is 15.6. The summed E-state index contributed by atoms with van der Waals surface area (Å²) >= 11 is 0. The number of hydrogen-bond acceptors (Lipinski definition) is 3. The number of fused-ring (bicyclic) bond motifs is 1. The summed E-state index contributed by atoms with van der Waals surface area (Å²) in [4.78, 5) is 27.1. The first-order valence-corrected chi connectivity index (χ1v) is 9.87. The van der Waals surface area contributed by atoms with E-state index in [2.05, 4.69) is 5.32 Å². The fourth-order valence-electron chi connectivity index (χ4n) is 3.44. The molecule has 1 N–H and O–H groups in total. The lowest BCUT2D eigenvalue weighted by atomic mass is 10.1. The van der Waals surface area contributed by atoms with Gasteiger partial charge in [0.25, 0.3) is 11.8 Å². The molecule has 0 saturated heterocycles. The van der Waals surface area contributed by atoms with E-state index in [4.69, 9.17) is 4.42 Å². The summed E-state index contributed by atoms with van der Waals surface area (Å²) in [7, 11) is 0. The van der Waals surface area contributed by atoms with Crippen LogP contribution in [-0.2, 0) is 6.54 Å². The molecule has 2 aliphatic rings. The molecule has 0 radical (unpaired) electrons. The topological polar surface area (TPSA) is 62.6 Å². The predicted molar refractivity (Wildman–Crippen MR) is 106 cm³/mol. The van der Waals surface area contributed by atoms with E-state index in [-0.39, 0.29) is 17.9 Å². The van der Waals surface area contributed by atoms with Gasteiger partial charge in [0.2, 0.25) is 0 Å². The van der Waals surface area contributed by atoms with E-state index in [9.17, 15) is 9.59 Å². The predicted octanol–water partition coefficient (Wildman–Crippen LogP) is 4.13. The third-order valence-corrected chi connectivity index (χ3v) is 5.37. The van der Waals surface area contributed by atoms with Crippen molar-refractivity contribution < 1.29 is 14.0 Å². The van der Waals surface area contributed by atoms with Gasteiger partial charge >= 0.3 is 0 Å². The molecule has 2 amide bonds. The van der Waals surface area contributed by atoms with Crippen LogP contribution in [0.4, 0.5) is 0 Å². The van der Waals surface area contributed by atoms with Gasteiger partial charge in [-0.1, -0.05) is 30.3 Å². The van der Waals surface area contributed by atoms with Crippen LogP contribution < -0.4 is 5.32 Å². The summed E-state index contributed by atoms with van der Waals surface area (Å²) in [6.07, 6.45) is 4.19. The second-order valence-electron chi connectivity index (χ2n) is 7.76. The first-order chi connectivity index (χ1) is 13.7. The minimum Gasteiger partial charge on any atom is -0.451 e. The van der Waals surface area contributed by atoms with Crippen LogP contribution in [0, 0.1) is 0 Å². The molecule has 5 heteroatoms. The summed E-state index contributed by atoms with van der Waals surface area (Å²) in [5.41, 5.74) is 2.41. The zero-order valence-corrected chi connectivity index (χ0v) is 15.6. The zero-order chi connectivity index (χ0) is 19.1. The standard InChI is InChI=1S/C23H22N2O3/c26-22(24-18-9-10-18)16-7-5-15(6-8-16)14-25(19-11-12-19)23(27)21-13-17-3-1-2-4-20(17)28-21/h1-8,13,18-19H,9-12,14H2,(H,24,26). The largest absolute Gasteiger partial charge is 0.451 e. The Balaban J connectivity index is 1.32. The molecule has 2 aromatic carbocycles. The maximum absolute atomic E-state index is 13.1. The van der Waals surface area contributed by atoms with E-state index < -0.39 is 0 Å². The highest BCUT2D eigenvalue weighted by Crippen LogP contribution is 2.31. The lowest BCUT2D eigenvalue weighted by molar-refractivity contribution is 0.0699. The van der Waals surface area contributed by atoms with Crippen LogP contribution in [0.25, 0.3) is 11.0 Å². The van der Waals surface area contributed by atoms with Crippen molar-refractivity contribution in [3.05, 3.63) is 71.5 Å². The van der Waals surface area contributed by atoms with Crippen LogP contribution in [0.1, 0.15) is 52.2 Å². The Morgan fingerprint density at radius 2 is 1.75 bits per heavy atom. The molecule has 0 spiro atoms. The number of benzene rings is 2. The molecular formula is C23H22N2O3. The van der Waals surface area contributed by atoms with Gasteiger partial charge in [-0.15, -0.1) is 0 Å². The van der Waals surface area contributed by atoms with Crippen molar-refractivity contribution >= 4 is 22.8 Å². The summed E-state index contributed by atoms with van der Waals surface area (Å²) in [5, 5.41) is 3.93. The molecule has 2 saturated carbocycles. The first kappa shape index (κ1) is 17.0. The monoisotopic (exact) mass is 374 g/mol. The molecule has 0 bridgehead atoms. The lowest BCUT2D eigenvalue weighted by Gasteiger charge is -2.21. The molecule has 5 nitrogen and oxygen atoms in total. The van der Waals surface area contributed by atoms with Gasteiger partial charge in [0.1, 0.15) is 5.58 Å². The molecule has 5 rings (SSSR count). The fraction of sp³-hybridized carbons (Fsp3) is 0.304. The Hall–Kier alpha value is -3.08. The fourth-order valence-corrected chi connectivity index (χ4v) is 3.44. The normalized spacial score (nSPS) is 16.1. The molecule has 28 heavy (non-hydrogen) atoms. The number of carbonyl (C=O) groups is 2. The van der Waals surface area contributed by atoms with Crippen LogP contribution in [0.5, 0.6) is 0 Å². The minimum atomic E-state index is -0.0748. The van der Waals surface area contributed by atoms with Gasteiger partial charge in [-0.3, -0.25) is 9.59 Å². The third kappa shape index (κ3) is 3.52. The van der Waals surface area contributed by atoms with E-state index in [0.29, 0.717) is 23.9 Å². The van der Waals surface area contributed by atoms with Gasteiger partial charge < -0.3 is 14.6 Å². The quantitative estimate of drug-likeness (QED) is 0.706. The van der Waals surface area contributed by atoms with Crippen molar-refractivity contribution in [1.29, 1.82) is 0 Å². The minimum absolute atomic E-state index is 0.0218. The smallest absolute Gasteiger partial charge is 0.290 e. The van der Waals surface area contributed by atoms with E-state index in [1.54, 1.807) is 0 Å². The highest BCUT2D eigenvalue weighted by Gasteiger charge is 2.34.